The molecule has 428 valence electrons. The van der Waals surface area contributed by atoms with Gasteiger partial charge in [-0.05, 0) is 80.9 Å². The maximum Gasteiger partial charge on any atom is 0.326 e. The lowest BCUT2D eigenvalue weighted by Gasteiger charge is -2.28. The molecule has 77 heavy (non-hydrogen) atoms. The summed E-state index contributed by atoms with van der Waals surface area (Å²) >= 11 is 0. The molecule has 20 N–H and O–H groups in total. The normalized spacial score (nSPS) is 15.7. The average molecular weight is 1090 g/mol. The number of phenols is 1. The Kier molecular flexibility index (Phi) is 27.3. The number of amides is 10. The molecule has 1 aliphatic heterocycles. The summed E-state index contributed by atoms with van der Waals surface area (Å²) in [5, 5.41) is 46.0. The van der Waals surface area contributed by atoms with E-state index >= 15 is 0 Å². The van der Waals surface area contributed by atoms with Crippen molar-refractivity contribution in [2.75, 3.05) is 19.6 Å². The van der Waals surface area contributed by atoms with Crippen molar-refractivity contribution in [2.45, 2.75) is 153 Å². The summed E-state index contributed by atoms with van der Waals surface area (Å²) in [6, 6.07) is -5.84. The first kappa shape index (κ1) is 65.0. The number of carboxylic acid groups (broad SMARTS) is 2. The zero-order valence-corrected chi connectivity index (χ0v) is 43.7. The van der Waals surface area contributed by atoms with E-state index in [0.717, 1.165) is 4.90 Å². The molecule has 8 atom stereocenters. The van der Waals surface area contributed by atoms with Crippen LogP contribution < -0.4 is 65.9 Å². The van der Waals surface area contributed by atoms with Crippen molar-refractivity contribution in [1.29, 1.82) is 0 Å². The summed E-state index contributed by atoms with van der Waals surface area (Å²) in [5.74, 6) is -12.7. The molecule has 0 spiro atoms. The molecule has 0 saturated carbocycles. The van der Waals surface area contributed by atoms with Gasteiger partial charge in [-0.2, -0.15) is 0 Å². The minimum Gasteiger partial charge on any atom is -0.508 e. The van der Waals surface area contributed by atoms with Crippen molar-refractivity contribution in [2.24, 2.45) is 45.5 Å². The van der Waals surface area contributed by atoms with Crippen LogP contribution in [0, 0.1) is 11.8 Å². The van der Waals surface area contributed by atoms with Crippen LogP contribution in [0.5, 0.6) is 5.75 Å². The molecule has 2 rings (SSSR count). The fourth-order valence-corrected chi connectivity index (χ4v) is 7.99. The molecule has 1 aromatic carbocycles. The Morgan fingerprint density at radius 3 is 1.71 bits per heavy atom. The maximum atomic E-state index is 13.9. The number of carbonyl (C=O) groups excluding carboxylic acids is 10. The Hall–Kier alpha value is -8.11. The molecule has 1 aliphatic rings. The topological polar surface area (TPSA) is 495 Å². The highest BCUT2D eigenvalue weighted by atomic mass is 16.4. The second kappa shape index (κ2) is 32.4. The number of nitrogens with two attached hydrogens (primary N) is 5. The van der Waals surface area contributed by atoms with Gasteiger partial charge >= 0.3 is 11.9 Å². The number of nitrogens with zero attached hydrogens (tertiary/aromatic N) is 2. The first-order valence-electron chi connectivity index (χ1n) is 25.1. The number of hydrogen-bond acceptors (Lipinski definition) is 15. The van der Waals surface area contributed by atoms with Gasteiger partial charge in [-0.3, -0.25) is 57.7 Å². The Morgan fingerprint density at radius 1 is 0.636 bits per heavy atom. The summed E-state index contributed by atoms with van der Waals surface area (Å²) in [5.41, 5.74) is 27.9. The largest absolute Gasteiger partial charge is 0.508 e. The van der Waals surface area contributed by atoms with Crippen LogP contribution >= 0.6 is 0 Å². The van der Waals surface area contributed by atoms with E-state index in [2.05, 4.69) is 42.2 Å². The van der Waals surface area contributed by atoms with Gasteiger partial charge in [0.15, 0.2) is 5.96 Å². The molecule has 29 heteroatoms. The number of carboxylic acids is 2. The molecule has 1 aromatic rings. The molecule has 1 saturated heterocycles. The highest BCUT2D eigenvalue weighted by Gasteiger charge is 2.38. The number of hydrogen-bond donors (Lipinski definition) is 15. The zero-order chi connectivity index (χ0) is 58.1. The standard InChI is InChI=1S/C48H76N14O15/c1-24(2)19-31(41(70)55-23-38(66)62-18-6-8-35(62)46(75)57-29(13-15-36(50)64)43(72)61-34(47(76)77)20-25(3)4)59-45(74)33(22-37(51)65)60-42(71)30(14-16-39(67)68)56-44(73)32(21-26-9-11-27(63)12-10-26)58-40(69)28(49)7-5-17-54-48(52)53/h9-12,24-25,28-35,63H,5-8,13-23,49H2,1-4H3,(H2,50,64)(H2,51,65)(H,55,70)(H,56,73)(H,57,75)(H,58,69)(H,59,74)(H,60,71)(H,61,72)(H,67,68)(H,76,77)(H4,52,53,54)/t28-,29-,30-,31-,32-,33-,34-,35-/m0/s1. The van der Waals surface area contributed by atoms with Gasteiger partial charge in [0.05, 0.1) is 19.0 Å². The zero-order valence-electron chi connectivity index (χ0n) is 43.7. The third-order valence-corrected chi connectivity index (χ3v) is 11.9. The molecule has 0 radical (unpaired) electrons. The van der Waals surface area contributed by atoms with Gasteiger partial charge in [0.1, 0.15) is 48.0 Å². The molecule has 0 bridgehead atoms. The van der Waals surface area contributed by atoms with E-state index in [1.807, 2.05) is 0 Å². The molecular formula is C48H76N14O15. The molecule has 10 amide bonds. The fraction of sp³-hybridized carbons (Fsp3) is 0.604. The Morgan fingerprint density at radius 2 is 1.16 bits per heavy atom. The van der Waals surface area contributed by atoms with Crippen LogP contribution in [0.25, 0.3) is 0 Å². The van der Waals surface area contributed by atoms with Crippen LogP contribution in [0.3, 0.4) is 0 Å². The average Bonchev–Trinajstić information content (AvgIpc) is 3.84. The van der Waals surface area contributed by atoms with Gasteiger partial charge in [0.25, 0.3) is 0 Å². The molecule has 1 heterocycles. The van der Waals surface area contributed by atoms with Gasteiger partial charge in [0, 0.05) is 32.4 Å². The third-order valence-electron chi connectivity index (χ3n) is 11.9. The fourth-order valence-electron chi connectivity index (χ4n) is 7.99. The van der Waals surface area contributed by atoms with E-state index < -0.39 is 145 Å². The van der Waals surface area contributed by atoms with E-state index in [0.29, 0.717) is 12.0 Å². The van der Waals surface area contributed by atoms with Crippen LogP contribution in [0.15, 0.2) is 29.3 Å². The van der Waals surface area contributed by atoms with Crippen molar-refractivity contribution in [3.05, 3.63) is 29.8 Å². The van der Waals surface area contributed by atoms with E-state index in [1.54, 1.807) is 27.7 Å². The summed E-state index contributed by atoms with van der Waals surface area (Å²) in [6.45, 7) is 6.41. The number of aliphatic carboxylic acids is 2. The molecule has 0 unspecified atom stereocenters. The summed E-state index contributed by atoms with van der Waals surface area (Å²) in [7, 11) is 0. The van der Waals surface area contributed by atoms with Crippen molar-refractivity contribution in [3.8, 4) is 5.75 Å². The number of guanidine groups is 1. The lowest BCUT2D eigenvalue weighted by atomic mass is 10.0. The quantitative estimate of drug-likeness (QED) is 0.0176. The predicted molar refractivity (Wildman–Crippen MR) is 275 cm³/mol. The lowest BCUT2D eigenvalue weighted by molar-refractivity contribution is -0.143. The van der Waals surface area contributed by atoms with Crippen LogP contribution in [0.2, 0.25) is 0 Å². The van der Waals surface area contributed by atoms with Gasteiger partial charge in [-0.1, -0.05) is 39.8 Å². The number of rotatable bonds is 34. The highest BCUT2D eigenvalue weighted by molar-refractivity contribution is 5.99. The number of primary amides is 2. The summed E-state index contributed by atoms with van der Waals surface area (Å²) in [4.78, 5) is 162. The van der Waals surface area contributed by atoms with Crippen molar-refractivity contribution < 1.29 is 72.9 Å². The lowest BCUT2D eigenvalue weighted by Crippen LogP contribution is -2.60. The number of nitrogens with one attached hydrogen (secondary N) is 7. The minimum atomic E-state index is -1.82. The first-order valence-corrected chi connectivity index (χ1v) is 25.1. The Labute approximate surface area is 444 Å². The summed E-state index contributed by atoms with van der Waals surface area (Å²) < 4.78 is 0. The number of aromatic hydroxyl groups is 1. The van der Waals surface area contributed by atoms with Crippen LogP contribution in [-0.4, -0.2) is 165 Å². The minimum absolute atomic E-state index is 0.0552. The van der Waals surface area contributed by atoms with Crippen molar-refractivity contribution in [1.82, 2.24) is 42.1 Å². The van der Waals surface area contributed by atoms with Crippen molar-refractivity contribution >= 4 is 77.0 Å². The molecule has 0 aromatic heterocycles. The molecule has 1 fully saturated rings. The summed E-state index contributed by atoms with van der Waals surface area (Å²) in [6.07, 6.45) is -2.09. The Balaban J connectivity index is 2.29. The number of aliphatic imine (C=N–C) groups is 1. The second-order valence-corrected chi connectivity index (χ2v) is 19.5. The predicted octanol–water partition coefficient (Wildman–Crippen LogP) is -4.49. The molecule has 29 nitrogen and oxygen atoms in total. The van der Waals surface area contributed by atoms with E-state index in [1.165, 1.54) is 24.3 Å². The number of likely N-dealkylation sites (tertiary alicyclic amines) is 1. The van der Waals surface area contributed by atoms with Crippen molar-refractivity contribution in [3.63, 3.8) is 0 Å². The van der Waals surface area contributed by atoms with Gasteiger partial charge in [-0.15, -0.1) is 0 Å². The number of phenolic OH excluding ortho intramolecular Hbond substituents is 1. The smallest absolute Gasteiger partial charge is 0.326 e. The SMILES string of the molecule is CC(C)C[C@H](NC(=O)[C@H](CCC(N)=O)NC(=O)[C@@H]1CCCN1C(=O)CNC(=O)[C@H](CC(C)C)NC(=O)[C@H](CC(N)=O)NC(=O)[C@H](CCC(=O)O)NC(=O)[C@H](Cc1ccc(O)cc1)NC(=O)[C@@H](N)CCCN=C(N)N)C(=O)O. The van der Waals surface area contributed by atoms with E-state index in [4.69, 9.17) is 28.7 Å². The molecule has 0 aliphatic carbocycles. The number of carbonyl (C=O) groups is 12. The van der Waals surface area contributed by atoms with E-state index in [9.17, 15) is 72.9 Å². The third kappa shape index (κ3) is 24.4. The highest BCUT2D eigenvalue weighted by Crippen LogP contribution is 2.19. The van der Waals surface area contributed by atoms with Crippen LogP contribution in [0.1, 0.15) is 104 Å². The van der Waals surface area contributed by atoms with Gasteiger partial charge in [-0.25, -0.2) is 4.79 Å². The molecular weight excluding hydrogens is 1010 g/mol. The van der Waals surface area contributed by atoms with Gasteiger partial charge < -0.3 is 86.1 Å². The van der Waals surface area contributed by atoms with Crippen LogP contribution in [0.4, 0.5) is 0 Å². The maximum absolute atomic E-state index is 13.9. The Bertz CT molecular complexity index is 2290. The first-order chi connectivity index (χ1) is 36.1. The monoisotopic (exact) mass is 1090 g/mol. The van der Waals surface area contributed by atoms with Gasteiger partial charge in [0.2, 0.25) is 59.1 Å². The van der Waals surface area contributed by atoms with E-state index in [-0.39, 0.29) is 88.0 Å². The number of benzene rings is 1. The van der Waals surface area contributed by atoms with Crippen LogP contribution in [-0.2, 0) is 64.0 Å². The second-order valence-electron chi connectivity index (χ2n) is 19.5.